The van der Waals surface area contributed by atoms with Gasteiger partial charge in [0.05, 0.1) is 21.9 Å². The maximum atomic E-state index is 13.8. The molecule has 0 N–H and O–H groups in total. The third kappa shape index (κ3) is 4.37. The zero-order chi connectivity index (χ0) is 24.6. The van der Waals surface area contributed by atoms with E-state index in [1.165, 1.54) is 18.2 Å². The molecule has 1 aliphatic carbocycles. The van der Waals surface area contributed by atoms with E-state index >= 15 is 0 Å². The highest BCUT2D eigenvalue weighted by molar-refractivity contribution is 6.42. The molecule has 0 aromatic heterocycles. The fraction of sp³-hybridized carbons (Fsp3) is 0.385. The first-order valence-corrected chi connectivity index (χ1v) is 12.3. The largest absolute Gasteiger partial charge is 0.292 e. The second-order valence-corrected chi connectivity index (χ2v) is 9.87. The lowest BCUT2D eigenvalue weighted by Crippen LogP contribution is -2.57. The van der Waals surface area contributed by atoms with Gasteiger partial charge >= 0.3 is 0 Å². The average Bonchev–Trinajstić information content (AvgIpc) is 3.08. The van der Waals surface area contributed by atoms with E-state index in [2.05, 4.69) is 6.92 Å². The van der Waals surface area contributed by atoms with Gasteiger partial charge in [-0.05, 0) is 49.8 Å². The summed E-state index contributed by atoms with van der Waals surface area (Å²) in [4.78, 5) is 54.4. The van der Waals surface area contributed by atoms with Gasteiger partial charge in [-0.3, -0.25) is 19.2 Å². The van der Waals surface area contributed by atoms with Crippen LogP contribution in [0.3, 0.4) is 0 Å². The Labute approximate surface area is 208 Å². The SMILES string of the molecule is CC[C@H](C(=O)c1ccccc1)N(C(=O)c1ccc(Cl)c(Cl)c1)N1C(=O)[C@@H]2CC[C@H](C)C[C@H]2C1=O. The summed E-state index contributed by atoms with van der Waals surface area (Å²) in [5.74, 6) is -2.49. The number of carbonyl (C=O) groups is 4. The van der Waals surface area contributed by atoms with Crippen molar-refractivity contribution in [2.24, 2.45) is 17.8 Å². The molecule has 1 aliphatic heterocycles. The summed E-state index contributed by atoms with van der Waals surface area (Å²) in [6, 6.07) is 11.8. The van der Waals surface area contributed by atoms with Gasteiger partial charge in [0.1, 0.15) is 6.04 Å². The zero-order valence-electron chi connectivity index (χ0n) is 19.0. The molecule has 2 aromatic carbocycles. The summed E-state index contributed by atoms with van der Waals surface area (Å²) in [6.07, 6.45) is 2.23. The molecule has 0 unspecified atom stereocenters. The lowest BCUT2D eigenvalue weighted by molar-refractivity contribution is -0.156. The highest BCUT2D eigenvalue weighted by Crippen LogP contribution is 2.42. The van der Waals surface area contributed by atoms with Gasteiger partial charge in [-0.1, -0.05) is 67.4 Å². The number of amides is 3. The summed E-state index contributed by atoms with van der Waals surface area (Å²) in [5, 5.41) is 2.43. The van der Waals surface area contributed by atoms with Crippen molar-refractivity contribution in [2.75, 3.05) is 0 Å². The number of fused-ring (bicyclic) bond motifs is 1. The average molecular weight is 501 g/mol. The molecule has 2 aliphatic rings. The Balaban J connectivity index is 1.80. The van der Waals surface area contributed by atoms with Gasteiger partial charge in [0, 0.05) is 11.1 Å². The minimum absolute atomic E-state index is 0.137. The monoisotopic (exact) mass is 500 g/mol. The quantitative estimate of drug-likeness (QED) is 0.391. The normalized spacial score (nSPS) is 22.9. The maximum Gasteiger partial charge on any atom is 0.273 e. The number of hydrogen-bond acceptors (Lipinski definition) is 4. The van der Waals surface area contributed by atoms with E-state index < -0.39 is 35.6 Å². The van der Waals surface area contributed by atoms with Crippen molar-refractivity contribution in [3.05, 3.63) is 69.7 Å². The molecule has 34 heavy (non-hydrogen) atoms. The van der Waals surface area contributed by atoms with Crippen LogP contribution in [-0.2, 0) is 9.59 Å². The molecule has 2 aromatic rings. The molecule has 4 rings (SSSR count). The Morgan fingerprint density at radius 1 is 0.971 bits per heavy atom. The first kappa shape index (κ1) is 24.4. The van der Waals surface area contributed by atoms with Crippen molar-refractivity contribution >= 4 is 46.7 Å². The summed E-state index contributed by atoms with van der Waals surface area (Å²) >= 11 is 12.2. The lowest BCUT2D eigenvalue weighted by atomic mass is 9.76. The zero-order valence-corrected chi connectivity index (χ0v) is 20.6. The molecule has 0 spiro atoms. The van der Waals surface area contributed by atoms with E-state index in [0.717, 1.165) is 16.4 Å². The van der Waals surface area contributed by atoms with Gasteiger partial charge in [0.25, 0.3) is 17.7 Å². The van der Waals surface area contributed by atoms with Crippen molar-refractivity contribution in [3.63, 3.8) is 0 Å². The molecule has 4 atom stereocenters. The number of hydrazine groups is 1. The fourth-order valence-electron chi connectivity index (χ4n) is 4.98. The van der Waals surface area contributed by atoms with Crippen LogP contribution in [0.2, 0.25) is 10.0 Å². The van der Waals surface area contributed by atoms with Gasteiger partial charge in [0.2, 0.25) is 0 Å². The molecule has 6 nitrogen and oxygen atoms in total. The lowest BCUT2D eigenvalue weighted by Gasteiger charge is -2.36. The summed E-state index contributed by atoms with van der Waals surface area (Å²) < 4.78 is 0. The van der Waals surface area contributed by atoms with E-state index in [1.54, 1.807) is 37.3 Å². The van der Waals surface area contributed by atoms with Crippen LogP contribution in [0.5, 0.6) is 0 Å². The van der Waals surface area contributed by atoms with Crippen molar-refractivity contribution in [3.8, 4) is 0 Å². The molecule has 1 saturated heterocycles. The van der Waals surface area contributed by atoms with Crippen LogP contribution in [0.1, 0.15) is 60.2 Å². The molecule has 0 radical (unpaired) electrons. The van der Waals surface area contributed by atoms with Crippen molar-refractivity contribution < 1.29 is 19.2 Å². The van der Waals surface area contributed by atoms with Gasteiger partial charge in [-0.2, -0.15) is 5.01 Å². The molecule has 3 amide bonds. The van der Waals surface area contributed by atoms with E-state index in [1.807, 2.05) is 0 Å². The molecule has 1 saturated carbocycles. The Morgan fingerprint density at radius 2 is 1.65 bits per heavy atom. The van der Waals surface area contributed by atoms with Crippen LogP contribution >= 0.6 is 23.2 Å². The second kappa shape index (κ2) is 9.88. The number of ketones is 1. The predicted octanol–water partition coefficient (Wildman–Crippen LogP) is 5.43. The maximum absolute atomic E-state index is 13.8. The first-order chi connectivity index (χ1) is 16.2. The number of carbonyl (C=O) groups excluding carboxylic acids is 4. The number of nitrogens with zero attached hydrogens (tertiary/aromatic N) is 2. The van der Waals surface area contributed by atoms with Crippen molar-refractivity contribution in [1.82, 2.24) is 10.0 Å². The standard InChI is InChI=1S/C26H26Cl2N2O4/c1-3-22(23(31)16-7-5-4-6-8-16)29(24(32)17-10-12-20(27)21(28)14-17)30-25(33)18-11-9-15(2)13-19(18)26(30)34/h4-8,10,12,14-15,18-19,22H,3,9,11,13H2,1-2H3/t15-,18+,19+,22+/m0/s1. The summed E-state index contributed by atoms with van der Waals surface area (Å²) in [6.45, 7) is 3.81. The molecule has 1 heterocycles. The number of hydrogen-bond donors (Lipinski definition) is 0. The molecule has 2 fully saturated rings. The summed E-state index contributed by atoms with van der Waals surface area (Å²) in [5.41, 5.74) is 0.531. The smallest absolute Gasteiger partial charge is 0.273 e. The minimum Gasteiger partial charge on any atom is -0.292 e. The molecule has 178 valence electrons. The predicted molar refractivity (Wildman–Crippen MR) is 129 cm³/mol. The second-order valence-electron chi connectivity index (χ2n) is 9.05. The van der Waals surface area contributed by atoms with Crippen LogP contribution in [0.4, 0.5) is 0 Å². The van der Waals surface area contributed by atoms with Gasteiger partial charge in [-0.15, -0.1) is 0 Å². The van der Waals surface area contributed by atoms with Gasteiger partial charge in [-0.25, -0.2) is 5.01 Å². The molecule has 0 bridgehead atoms. The third-order valence-electron chi connectivity index (χ3n) is 6.80. The molecular weight excluding hydrogens is 475 g/mol. The molecule has 8 heteroatoms. The van der Waals surface area contributed by atoms with Gasteiger partial charge in [0.15, 0.2) is 5.78 Å². The molecular formula is C26H26Cl2N2O4. The number of halogens is 2. The van der Waals surface area contributed by atoms with Crippen LogP contribution in [0, 0.1) is 17.8 Å². The number of Topliss-reactive ketones (excluding diaryl/α,β-unsaturated/α-hetero) is 1. The van der Waals surface area contributed by atoms with E-state index in [4.69, 9.17) is 23.2 Å². The number of rotatable bonds is 6. The highest BCUT2D eigenvalue weighted by Gasteiger charge is 2.54. The third-order valence-corrected chi connectivity index (χ3v) is 7.54. The van der Waals surface area contributed by atoms with E-state index in [0.29, 0.717) is 24.3 Å². The van der Waals surface area contributed by atoms with Crippen molar-refractivity contribution in [1.29, 1.82) is 0 Å². The van der Waals surface area contributed by atoms with Crippen LogP contribution in [-0.4, -0.2) is 39.6 Å². The first-order valence-electron chi connectivity index (χ1n) is 11.5. The van der Waals surface area contributed by atoms with Gasteiger partial charge < -0.3 is 0 Å². The van der Waals surface area contributed by atoms with E-state index in [-0.39, 0.29) is 27.8 Å². The van der Waals surface area contributed by atoms with Crippen LogP contribution in [0.15, 0.2) is 48.5 Å². The highest BCUT2D eigenvalue weighted by atomic mass is 35.5. The Kier molecular flexibility index (Phi) is 7.10. The minimum atomic E-state index is -1.05. The van der Waals surface area contributed by atoms with Crippen LogP contribution in [0.25, 0.3) is 0 Å². The number of imide groups is 1. The summed E-state index contributed by atoms with van der Waals surface area (Å²) in [7, 11) is 0. The van der Waals surface area contributed by atoms with Crippen LogP contribution < -0.4 is 0 Å². The topological polar surface area (TPSA) is 74.8 Å². The Morgan fingerprint density at radius 3 is 2.29 bits per heavy atom. The van der Waals surface area contributed by atoms with E-state index in [9.17, 15) is 19.2 Å². The fourth-order valence-corrected chi connectivity index (χ4v) is 5.28. The Hall–Kier alpha value is -2.70. The Bertz CT molecular complexity index is 1140. The van der Waals surface area contributed by atoms with Crippen molar-refractivity contribution in [2.45, 2.75) is 45.6 Å². The number of benzene rings is 2.